The molecule has 1 fully saturated rings. The Balaban J connectivity index is 1.53. The molecule has 1 aliphatic heterocycles. The van der Waals surface area contributed by atoms with Gasteiger partial charge in [-0.3, -0.25) is 9.78 Å². The van der Waals surface area contributed by atoms with Crippen molar-refractivity contribution in [2.24, 2.45) is 0 Å². The van der Waals surface area contributed by atoms with Gasteiger partial charge in [0.1, 0.15) is 5.69 Å². The smallest absolute Gasteiger partial charge is 0.279 e. The molecule has 168 valence electrons. The van der Waals surface area contributed by atoms with Crippen LogP contribution in [0, 0.1) is 0 Å². The van der Waals surface area contributed by atoms with E-state index < -0.39 is 12.2 Å². The summed E-state index contributed by atoms with van der Waals surface area (Å²) in [7, 11) is 1.52. The topological polar surface area (TPSA) is 100 Å². The highest BCUT2D eigenvalue weighted by Gasteiger charge is 2.24. The van der Waals surface area contributed by atoms with Crippen molar-refractivity contribution in [1.29, 1.82) is 0 Å². The fraction of sp³-hybridized carbons (Fsp3) is 0.250. The third-order valence-corrected chi connectivity index (χ3v) is 5.50. The molecular weight excluding hydrogens is 422 g/mol. The van der Waals surface area contributed by atoms with Crippen LogP contribution in [0.2, 0.25) is 0 Å². The zero-order valence-electron chi connectivity index (χ0n) is 18.1. The molecule has 1 aromatic carbocycles. The Morgan fingerprint density at radius 3 is 2.79 bits per heavy atom. The lowest BCUT2D eigenvalue weighted by molar-refractivity contribution is -0.186. The first-order chi connectivity index (χ1) is 16.2. The van der Waals surface area contributed by atoms with Crippen molar-refractivity contribution in [2.75, 3.05) is 13.7 Å². The first-order valence-electron chi connectivity index (χ1n) is 10.7. The van der Waals surface area contributed by atoms with Crippen molar-refractivity contribution in [3.63, 3.8) is 0 Å². The number of hydrogen-bond acceptors (Lipinski definition) is 7. The van der Waals surface area contributed by atoms with Crippen LogP contribution in [0.3, 0.4) is 0 Å². The van der Waals surface area contributed by atoms with Crippen LogP contribution in [0.5, 0.6) is 5.75 Å². The highest BCUT2D eigenvalue weighted by atomic mass is 16.8. The number of methoxy groups -OCH3 is 1. The van der Waals surface area contributed by atoms with E-state index in [4.69, 9.17) is 19.3 Å². The summed E-state index contributed by atoms with van der Waals surface area (Å²) in [6.07, 6.45) is 9.08. The Bertz CT molecular complexity index is 1250. The molecule has 4 heterocycles. The van der Waals surface area contributed by atoms with Crippen molar-refractivity contribution in [1.82, 2.24) is 25.2 Å². The second kappa shape index (κ2) is 9.35. The van der Waals surface area contributed by atoms with Gasteiger partial charge in [-0.15, -0.1) is 0 Å². The maximum Gasteiger partial charge on any atom is 0.279 e. The second-order valence-electron chi connectivity index (χ2n) is 7.60. The van der Waals surface area contributed by atoms with E-state index in [1.807, 2.05) is 36.5 Å². The molecule has 1 saturated heterocycles. The van der Waals surface area contributed by atoms with Crippen molar-refractivity contribution < 1.29 is 19.1 Å². The highest BCUT2D eigenvalue weighted by molar-refractivity contribution is 6.09. The van der Waals surface area contributed by atoms with Gasteiger partial charge in [-0.25, -0.2) is 20.0 Å². The summed E-state index contributed by atoms with van der Waals surface area (Å²) in [6.45, 7) is 0.616. The Morgan fingerprint density at radius 1 is 1.18 bits per heavy atom. The van der Waals surface area contributed by atoms with Crippen LogP contribution >= 0.6 is 0 Å². The summed E-state index contributed by atoms with van der Waals surface area (Å²) in [5, 5.41) is 4.82. The molecule has 0 spiro atoms. The Labute approximate surface area is 190 Å². The van der Waals surface area contributed by atoms with Crippen LogP contribution < -0.4 is 10.2 Å². The number of aromatic nitrogens is 4. The number of nitrogens with one attached hydrogen (secondary N) is 1. The lowest BCUT2D eigenvalue weighted by Crippen LogP contribution is -2.33. The normalized spacial score (nSPS) is 16.0. The largest absolute Gasteiger partial charge is 0.494 e. The van der Waals surface area contributed by atoms with Crippen LogP contribution in [0.15, 0.2) is 61.2 Å². The Hall–Kier alpha value is -3.82. The number of carbonyl (C=O) groups excluding carboxylic acids is 1. The minimum Gasteiger partial charge on any atom is -0.494 e. The zero-order chi connectivity index (χ0) is 22.6. The van der Waals surface area contributed by atoms with E-state index in [2.05, 4.69) is 15.6 Å². The number of rotatable bonds is 6. The lowest BCUT2D eigenvalue weighted by atomic mass is 10.0. The summed E-state index contributed by atoms with van der Waals surface area (Å²) in [5.74, 6) is -0.108. The van der Waals surface area contributed by atoms with Gasteiger partial charge >= 0.3 is 0 Å². The molecule has 0 aliphatic carbocycles. The number of ether oxygens (including phenoxy) is 2. The summed E-state index contributed by atoms with van der Waals surface area (Å²) < 4.78 is 13.0. The molecule has 1 N–H and O–H groups in total. The van der Waals surface area contributed by atoms with E-state index in [-0.39, 0.29) is 0 Å². The quantitative estimate of drug-likeness (QED) is 0.452. The highest BCUT2D eigenvalue weighted by Crippen LogP contribution is 2.36. The first-order valence-corrected chi connectivity index (χ1v) is 10.7. The second-order valence-corrected chi connectivity index (χ2v) is 7.60. The molecule has 0 saturated carbocycles. The van der Waals surface area contributed by atoms with Gasteiger partial charge in [0, 0.05) is 48.8 Å². The lowest BCUT2D eigenvalue weighted by Gasteiger charge is -2.22. The van der Waals surface area contributed by atoms with Gasteiger partial charge in [0.05, 0.1) is 23.9 Å². The third kappa shape index (κ3) is 4.28. The van der Waals surface area contributed by atoms with Crippen molar-refractivity contribution in [3.8, 4) is 22.7 Å². The first kappa shape index (κ1) is 21.0. The van der Waals surface area contributed by atoms with E-state index in [0.717, 1.165) is 30.5 Å². The van der Waals surface area contributed by atoms with Crippen LogP contribution in [0.1, 0.15) is 29.6 Å². The number of fused-ring (bicyclic) bond motifs is 1. The average molecular weight is 445 g/mol. The number of pyridine rings is 2. The number of carbonyl (C=O) groups is 1. The molecular formula is C24H23N5O4. The Kier molecular flexibility index (Phi) is 5.97. The predicted molar refractivity (Wildman–Crippen MR) is 121 cm³/mol. The van der Waals surface area contributed by atoms with Crippen molar-refractivity contribution >= 4 is 16.8 Å². The molecule has 1 aliphatic rings. The molecule has 3 aromatic heterocycles. The van der Waals surface area contributed by atoms with Gasteiger partial charge in [-0.05, 0) is 37.1 Å². The van der Waals surface area contributed by atoms with Gasteiger partial charge in [0.2, 0.25) is 0 Å². The molecule has 4 aromatic rings. The SMILES string of the molecule is COc1c(-c2ccc(-n3cccn3)cc2)nc2ccncc2c1C(=O)NOC1CCCCO1. The number of benzene rings is 1. The average Bonchev–Trinajstić information content (AvgIpc) is 3.42. The van der Waals surface area contributed by atoms with E-state index in [1.165, 1.54) is 7.11 Å². The molecule has 33 heavy (non-hydrogen) atoms. The standard InChI is InChI=1S/C24H23N5O4/c1-31-23-21(24(30)28-33-20-5-2-3-14-32-20)18-15-25-12-10-19(18)27-22(23)16-6-8-17(9-7-16)29-13-4-11-26-29/h4,6-13,15,20H,2-3,5,14H2,1H3,(H,28,30). The van der Waals surface area contributed by atoms with E-state index >= 15 is 0 Å². The minimum atomic E-state index is -0.464. The molecule has 1 unspecified atom stereocenters. The summed E-state index contributed by atoms with van der Waals surface area (Å²) in [5.41, 5.74) is 5.71. The van der Waals surface area contributed by atoms with Gasteiger partial charge in [-0.1, -0.05) is 12.1 Å². The number of hydroxylamine groups is 1. The maximum atomic E-state index is 13.2. The van der Waals surface area contributed by atoms with Gasteiger partial charge < -0.3 is 9.47 Å². The van der Waals surface area contributed by atoms with Crippen LogP contribution in [0.25, 0.3) is 27.8 Å². The fourth-order valence-electron chi connectivity index (χ4n) is 3.88. The molecule has 1 amide bonds. The van der Waals surface area contributed by atoms with E-state index in [9.17, 15) is 4.79 Å². The van der Waals surface area contributed by atoms with E-state index in [1.54, 1.807) is 29.3 Å². The minimum absolute atomic E-state index is 0.303. The maximum absolute atomic E-state index is 13.2. The van der Waals surface area contributed by atoms with Gasteiger partial charge in [-0.2, -0.15) is 5.10 Å². The fourth-order valence-corrected chi connectivity index (χ4v) is 3.88. The molecule has 5 rings (SSSR count). The molecule has 9 heteroatoms. The van der Waals surface area contributed by atoms with Crippen molar-refractivity contribution in [3.05, 3.63) is 66.7 Å². The van der Waals surface area contributed by atoms with Crippen LogP contribution in [0.4, 0.5) is 0 Å². The predicted octanol–water partition coefficient (Wildman–Crippen LogP) is 3.68. The third-order valence-electron chi connectivity index (χ3n) is 5.50. The van der Waals surface area contributed by atoms with Crippen molar-refractivity contribution in [2.45, 2.75) is 25.6 Å². The van der Waals surface area contributed by atoms with Crippen LogP contribution in [-0.2, 0) is 9.57 Å². The van der Waals surface area contributed by atoms with Crippen LogP contribution in [-0.4, -0.2) is 45.7 Å². The molecule has 0 bridgehead atoms. The van der Waals surface area contributed by atoms with Gasteiger partial charge in [0.15, 0.2) is 12.0 Å². The number of amides is 1. The zero-order valence-corrected chi connectivity index (χ0v) is 18.1. The number of nitrogens with zero attached hydrogens (tertiary/aromatic N) is 4. The van der Waals surface area contributed by atoms with E-state index in [0.29, 0.717) is 34.5 Å². The molecule has 0 radical (unpaired) electrons. The monoisotopic (exact) mass is 445 g/mol. The molecule has 1 atom stereocenters. The summed E-state index contributed by atoms with van der Waals surface area (Å²) >= 11 is 0. The molecule has 9 nitrogen and oxygen atoms in total. The van der Waals surface area contributed by atoms with Gasteiger partial charge in [0.25, 0.3) is 5.91 Å². The summed E-state index contributed by atoms with van der Waals surface area (Å²) in [6, 6.07) is 11.3. The summed E-state index contributed by atoms with van der Waals surface area (Å²) in [4.78, 5) is 27.7. The number of hydrogen-bond donors (Lipinski definition) is 1. The Morgan fingerprint density at radius 2 is 2.06 bits per heavy atom.